The largest absolute Gasteiger partial charge is 0.318 e. The van der Waals surface area contributed by atoms with E-state index in [0.29, 0.717) is 15.7 Å². The third-order valence-corrected chi connectivity index (χ3v) is 2.06. The summed E-state index contributed by atoms with van der Waals surface area (Å²) in [6.45, 7) is 1.17. The molecular formula is C9H7Cl2NO2. The van der Waals surface area contributed by atoms with E-state index >= 15 is 0 Å². The van der Waals surface area contributed by atoms with Crippen molar-refractivity contribution in [2.75, 3.05) is 5.32 Å². The van der Waals surface area contributed by atoms with Crippen LogP contribution in [0.15, 0.2) is 18.2 Å². The Labute approximate surface area is 91.0 Å². The third-order valence-electron chi connectivity index (χ3n) is 1.50. The van der Waals surface area contributed by atoms with Crippen LogP contribution < -0.4 is 5.32 Å². The molecular weight excluding hydrogens is 225 g/mol. The van der Waals surface area contributed by atoms with E-state index in [1.807, 2.05) is 0 Å². The lowest BCUT2D eigenvalue weighted by Gasteiger charge is -2.05. The maximum absolute atomic E-state index is 11.0. The zero-order valence-electron chi connectivity index (χ0n) is 7.30. The summed E-state index contributed by atoms with van der Waals surface area (Å²) in [5.41, 5.74) is 0.333. The number of carbonyl (C=O) groups excluding carboxylic acids is 2. The van der Waals surface area contributed by atoms with Crippen LogP contribution in [0.4, 0.5) is 5.69 Å². The van der Waals surface area contributed by atoms with Crippen LogP contribution in [0, 0.1) is 0 Å². The molecule has 0 atom stereocenters. The minimum Gasteiger partial charge on any atom is -0.318 e. The average Bonchev–Trinajstić information content (AvgIpc) is 2.11. The first kappa shape index (κ1) is 11.0. The number of anilines is 1. The second kappa shape index (κ2) is 4.44. The standard InChI is InChI=1S/C9H7Cl2NO2/c1-5(13)9(14)12-8-4-6(10)2-3-7(8)11/h2-4H,1H3,(H,12,14). The molecule has 1 aromatic carbocycles. The molecule has 1 N–H and O–H groups in total. The topological polar surface area (TPSA) is 46.2 Å². The van der Waals surface area contributed by atoms with E-state index in [1.165, 1.54) is 13.0 Å². The van der Waals surface area contributed by atoms with Crippen molar-refractivity contribution in [1.29, 1.82) is 0 Å². The van der Waals surface area contributed by atoms with Crippen LogP contribution in [-0.2, 0) is 9.59 Å². The van der Waals surface area contributed by atoms with Crippen LogP contribution in [0.5, 0.6) is 0 Å². The number of hydrogen-bond donors (Lipinski definition) is 1. The summed E-state index contributed by atoms with van der Waals surface area (Å²) in [5.74, 6) is -1.30. The SMILES string of the molecule is CC(=O)C(=O)Nc1cc(Cl)ccc1Cl. The van der Waals surface area contributed by atoms with Crippen LogP contribution in [0.3, 0.4) is 0 Å². The fraction of sp³-hybridized carbons (Fsp3) is 0.111. The first-order valence-corrected chi connectivity index (χ1v) is 4.53. The number of halogens is 2. The Morgan fingerprint density at radius 3 is 2.50 bits per heavy atom. The third kappa shape index (κ3) is 2.72. The average molecular weight is 232 g/mol. The Hall–Kier alpha value is -1.06. The molecule has 3 nitrogen and oxygen atoms in total. The van der Waals surface area contributed by atoms with Gasteiger partial charge in [-0.2, -0.15) is 0 Å². The number of nitrogens with one attached hydrogen (secondary N) is 1. The van der Waals surface area contributed by atoms with Crippen LogP contribution in [0.25, 0.3) is 0 Å². The van der Waals surface area contributed by atoms with E-state index < -0.39 is 11.7 Å². The van der Waals surface area contributed by atoms with E-state index in [2.05, 4.69) is 5.32 Å². The van der Waals surface area contributed by atoms with Crippen molar-refractivity contribution in [2.24, 2.45) is 0 Å². The Bertz CT molecular complexity index is 390. The quantitative estimate of drug-likeness (QED) is 0.796. The van der Waals surface area contributed by atoms with E-state index in [-0.39, 0.29) is 0 Å². The predicted octanol–water partition coefficient (Wildman–Crippen LogP) is 2.52. The molecule has 74 valence electrons. The van der Waals surface area contributed by atoms with E-state index in [0.717, 1.165) is 0 Å². The molecule has 1 rings (SSSR count). The summed E-state index contributed by atoms with van der Waals surface area (Å²) in [5, 5.41) is 3.12. The van der Waals surface area contributed by atoms with Gasteiger partial charge in [-0.05, 0) is 18.2 Å². The maximum Gasteiger partial charge on any atom is 0.291 e. The maximum atomic E-state index is 11.0. The second-order valence-corrected chi connectivity index (χ2v) is 3.48. The lowest BCUT2D eigenvalue weighted by molar-refractivity contribution is -0.133. The number of carbonyl (C=O) groups is 2. The van der Waals surface area contributed by atoms with Crippen molar-refractivity contribution < 1.29 is 9.59 Å². The van der Waals surface area contributed by atoms with Crippen molar-refractivity contribution in [3.8, 4) is 0 Å². The fourth-order valence-corrected chi connectivity index (χ4v) is 1.14. The molecule has 0 saturated carbocycles. The summed E-state index contributed by atoms with van der Waals surface area (Å²) in [6.07, 6.45) is 0. The molecule has 0 aromatic heterocycles. The van der Waals surface area contributed by atoms with E-state index in [1.54, 1.807) is 12.1 Å². The molecule has 0 saturated heterocycles. The smallest absolute Gasteiger partial charge is 0.291 e. The normalized spacial score (nSPS) is 9.64. The number of hydrogen-bond acceptors (Lipinski definition) is 2. The highest BCUT2D eigenvalue weighted by atomic mass is 35.5. The lowest BCUT2D eigenvalue weighted by atomic mass is 10.3. The van der Waals surface area contributed by atoms with Gasteiger partial charge in [0.1, 0.15) is 0 Å². The van der Waals surface area contributed by atoms with Crippen LogP contribution in [-0.4, -0.2) is 11.7 Å². The molecule has 0 aliphatic rings. The van der Waals surface area contributed by atoms with Crippen molar-refractivity contribution >= 4 is 40.6 Å². The fourth-order valence-electron chi connectivity index (χ4n) is 0.804. The Balaban J connectivity index is 2.91. The highest BCUT2D eigenvalue weighted by molar-refractivity contribution is 6.42. The lowest BCUT2D eigenvalue weighted by Crippen LogP contribution is -2.19. The molecule has 1 amide bonds. The summed E-state index contributed by atoms with van der Waals surface area (Å²) in [7, 11) is 0. The van der Waals surface area contributed by atoms with Crippen molar-refractivity contribution in [2.45, 2.75) is 6.92 Å². The van der Waals surface area contributed by atoms with Gasteiger partial charge in [0.2, 0.25) is 5.78 Å². The van der Waals surface area contributed by atoms with Gasteiger partial charge in [-0.25, -0.2) is 0 Å². The number of ketones is 1. The zero-order valence-corrected chi connectivity index (χ0v) is 8.82. The van der Waals surface area contributed by atoms with Gasteiger partial charge in [-0.3, -0.25) is 9.59 Å². The van der Waals surface area contributed by atoms with Gasteiger partial charge in [0.05, 0.1) is 10.7 Å². The number of benzene rings is 1. The zero-order chi connectivity index (χ0) is 10.7. The van der Waals surface area contributed by atoms with E-state index in [4.69, 9.17) is 23.2 Å². The summed E-state index contributed by atoms with van der Waals surface area (Å²) in [6, 6.07) is 4.61. The summed E-state index contributed by atoms with van der Waals surface area (Å²) >= 11 is 11.4. The Morgan fingerprint density at radius 2 is 1.93 bits per heavy atom. The molecule has 0 aliphatic heterocycles. The molecule has 0 spiro atoms. The Morgan fingerprint density at radius 1 is 1.29 bits per heavy atom. The molecule has 0 unspecified atom stereocenters. The molecule has 5 heteroatoms. The van der Waals surface area contributed by atoms with Gasteiger partial charge in [-0.1, -0.05) is 23.2 Å². The molecule has 14 heavy (non-hydrogen) atoms. The molecule has 0 fully saturated rings. The number of amides is 1. The molecule has 0 bridgehead atoms. The van der Waals surface area contributed by atoms with Crippen molar-refractivity contribution in [1.82, 2.24) is 0 Å². The first-order valence-electron chi connectivity index (χ1n) is 3.77. The predicted molar refractivity (Wildman–Crippen MR) is 55.8 cm³/mol. The summed E-state index contributed by atoms with van der Waals surface area (Å²) < 4.78 is 0. The monoisotopic (exact) mass is 231 g/mol. The molecule has 0 radical (unpaired) electrons. The van der Waals surface area contributed by atoms with Gasteiger partial charge in [-0.15, -0.1) is 0 Å². The van der Waals surface area contributed by atoms with Crippen molar-refractivity contribution in [3.05, 3.63) is 28.2 Å². The number of Topliss-reactive ketones (excluding diaryl/α,β-unsaturated/α-hetero) is 1. The minimum atomic E-state index is -0.714. The van der Waals surface area contributed by atoms with Gasteiger partial charge < -0.3 is 5.32 Å². The molecule has 0 aliphatic carbocycles. The minimum absolute atomic E-state index is 0.333. The number of rotatable bonds is 2. The van der Waals surface area contributed by atoms with E-state index in [9.17, 15) is 9.59 Å². The van der Waals surface area contributed by atoms with Gasteiger partial charge in [0, 0.05) is 11.9 Å². The van der Waals surface area contributed by atoms with Gasteiger partial charge in [0.25, 0.3) is 5.91 Å². The van der Waals surface area contributed by atoms with Crippen LogP contribution >= 0.6 is 23.2 Å². The first-order chi connectivity index (χ1) is 6.50. The highest BCUT2D eigenvalue weighted by Crippen LogP contribution is 2.25. The second-order valence-electron chi connectivity index (χ2n) is 2.63. The van der Waals surface area contributed by atoms with Gasteiger partial charge >= 0.3 is 0 Å². The summed E-state index contributed by atoms with van der Waals surface area (Å²) in [4.78, 5) is 21.7. The molecule has 1 aromatic rings. The highest BCUT2D eigenvalue weighted by Gasteiger charge is 2.09. The van der Waals surface area contributed by atoms with Gasteiger partial charge in [0.15, 0.2) is 0 Å². The Kier molecular flexibility index (Phi) is 3.49. The molecule has 0 heterocycles. The van der Waals surface area contributed by atoms with Crippen LogP contribution in [0.2, 0.25) is 10.0 Å². The van der Waals surface area contributed by atoms with Crippen LogP contribution in [0.1, 0.15) is 6.92 Å². The van der Waals surface area contributed by atoms with Crippen molar-refractivity contribution in [3.63, 3.8) is 0 Å².